The third-order valence-corrected chi connectivity index (χ3v) is 3.79. The zero-order valence-electron chi connectivity index (χ0n) is 11.4. The van der Waals surface area contributed by atoms with Gasteiger partial charge in [-0.3, -0.25) is 14.4 Å². The maximum atomic E-state index is 11.5. The zero-order valence-corrected chi connectivity index (χ0v) is 12.2. The molecule has 0 saturated carbocycles. The van der Waals surface area contributed by atoms with Crippen molar-refractivity contribution in [2.75, 3.05) is 38.2 Å². The van der Waals surface area contributed by atoms with Crippen LogP contribution in [-0.2, 0) is 14.4 Å². The lowest BCUT2D eigenvalue weighted by molar-refractivity contribution is -0.128. The maximum absolute atomic E-state index is 11.5. The summed E-state index contributed by atoms with van der Waals surface area (Å²) in [5.41, 5.74) is 0. The highest BCUT2D eigenvalue weighted by Gasteiger charge is 2.25. The van der Waals surface area contributed by atoms with Crippen molar-refractivity contribution in [3.8, 4) is 0 Å². The van der Waals surface area contributed by atoms with E-state index in [1.807, 2.05) is 6.92 Å². The summed E-state index contributed by atoms with van der Waals surface area (Å²) in [4.78, 5) is 35.7. The van der Waals surface area contributed by atoms with Crippen LogP contribution in [0.1, 0.15) is 13.3 Å². The van der Waals surface area contributed by atoms with E-state index in [0.717, 1.165) is 6.54 Å². The predicted octanol–water partition coefficient (Wildman–Crippen LogP) is -0.550. The molecule has 1 rings (SSSR count). The molecule has 0 radical (unpaired) electrons. The highest BCUT2D eigenvalue weighted by Crippen LogP contribution is 2.15. The van der Waals surface area contributed by atoms with Crippen LogP contribution < -0.4 is 10.6 Å². The van der Waals surface area contributed by atoms with Gasteiger partial charge in [-0.05, 0) is 5.92 Å². The van der Waals surface area contributed by atoms with E-state index in [0.29, 0.717) is 25.4 Å². The molecule has 1 atom stereocenters. The lowest BCUT2D eigenvalue weighted by Crippen LogP contribution is -2.36. The molecule has 0 aromatic rings. The second-order valence-corrected chi connectivity index (χ2v) is 5.65. The smallest absolute Gasteiger partial charge is 0.230 e. The average molecular weight is 287 g/mol. The number of rotatable bonds is 7. The first kappa shape index (κ1) is 15.8. The van der Waals surface area contributed by atoms with Gasteiger partial charge in [-0.1, -0.05) is 6.92 Å². The molecule has 7 heteroatoms. The Labute approximate surface area is 117 Å². The third-order valence-electron chi connectivity index (χ3n) is 2.86. The van der Waals surface area contributed by atoms with Gasteiger partial charge in [-0.15, -0.1) is 11.8 Å². The van der Waals surface area contributed by atoms with Crippen molar-refractivity contribution in [3.05, 3.63) is 0 Å². The Morgan fingerprint density at radius 1 is 1.37 bits per heavy atom. The van der Waals surface area contributed by atoms with Crippen molar-refractivity contribution in [2.45, 2.75) is 13.3 Å². The first-order valence-electron chi connectivity index (χ1n) is 6.35. The maximum Gasteiger partial charge on any atom is 0.230 e. The Bertz CT molecular complexity index is 349. The number of hydrogen-bond donors (Lipinski definition) is 2. The van der Waals surface area contributed by atoms with Crippen molar-refractivity contribution >= 4 is 29.5 Å². The van der Waals surface area contributed by atoms with E-state index < -0.39 is 0 Å². The van der Waals surface area contributed by atoms with Gasteiger partial charge in [0, 0.05) is 33.1 Å². The van der Waals surface area contributed by atoms with Gasteiger partial charge >= 0.3 is 0 Å². The highest BCUT2D eigenvalue weighted by atomic mass is 32.2. The van der Waals surface area contributed by atoms with Gasteiger partial charge in [0.1, 0.15) is 0 Å². The summed E-state index contributed by atoms with van der Waals surface area (Å²) < 4.78 is 0. The molecule has 1 heterocycles. The van der Waals surface area contributed by atoms with Crippen LogP contribution in [0.3, 0.4) is 0 Å². The van der Waals surface area contributed by atoms with Gasteiger partial charge < -0.3 is 15.5 Å². The van der Waals surface area contributed by atoms with Crippen LogP contribution in [0, 0.1) is 5.92 Å². The molecule has 0 bridgehead atoms. The Balaban J connectivity index is 2.07. The number of nitrogens with one attached hydrogen (secondary N) is 2. The molecular formula is C12H21N3O3S. The monoisotopic (exact) mass is 287 g/mol. The molecule has 1 fully saturated rings. The number of nitrogens with zero attached hydrogens (tertiary/aromatic N) is 1. The van der Waals surface area contributed by atoms with Crippen LogP contribution in [0.5, 0.6) is 0 Å². The van der Waals surface area contributed by atoms with Crippen LogP contribution in [0.15, 0.2) is 0 Å². The molecule has 0 unspecified atom stereocenters. The normalized spacial score (nSPS) is 18.5. The van der Waals surface area contributed by atoms with Crippen molar-refractivity contribution in [1.29, 1.82) is 0 Å². The summed E-state index contributed by atoms with van der Waals surface area (Å²) in [7, 11) is 1.57. The summed E-state index contributed by atoms with van der Waals surface area (Å²) in [6.07, 6.45) is 0.607. The SMILES string of the molecule is CNC(=O)CSCC(=O)NCCN1C[C@H](C)CC1=O. The summed E-state index contributed by atoms with van der Waals surface area (Å²) >= 11 is 1.27. The molecule has 0 aromatic carbocycles. The van der Waals surface area contributed by atoms with Gasteiger partial charge in [0.05, 0.1) is 11.5 Å². The molecule has 1 saturated heterocycles. The number of amides is 3. The molecule has 0 aliphatic carbocycles. The minimum atomic E-state index is -0.103. The van der Waals surface area contributed by atoms with Gasteiger partial charge in [-0.2, -0.15) is 0 Å². The van der Waals surface area contributed by atoms with Gasteiger partial charge in [0.25, 0.3) is 0 Å². The molecule has 1 aliphatic heterocycles. The molecule has 108 valence electrons. The summed E-state index contributed by atoms with van der Waals surface area (Å²) in [6.45, 7) is 3.86. The Kier molecular flexibility index (Phi) is 6.69. The summed E-state index contributed by atoms with van der Waals surface area (Å²) in [5.74, 6) is 0.925. The Morgan fingerprint density at radius 3 is 2.63 bits per heavy atom. The van der Waals surface area contributed by atoms with E-state index >= 15 is 0 Å². The molecule has 0 spiro atoms. The minimum absolute atomic E-state index is 0.0885. The summed E-state index contributed by atoms with van der Waals surface area (Å²) in [5, 5.41) is 5.24. The molecule has 2 N–H and O–H groups in total. The second kappa shape index (κ2) is 8.04. The van der Waals surface area contributed by atoms with Crippen LogP contribution in [0.25, 0.3) is 0 Å². The fraction of sp³-hybridized carbons (Fsp3) is 0.750. The Morgan fingerprint density at radius 2 is 2.05 bits per heavy atom. The van der Waals surface area contributed by atoms with Crippen LogP contribution >= 0.6 is 11.8 Å². The van der Waals surface area contributed by atoms with Gasteiger partial charge in [0.15, 0.2) is 0 Å². The number of hydrogen-bond acceptors (Lipinski definition) is 4. The standard InChI is InChI=1S/C12H21N3O3S/c1-9-5-12(18)15(6-9)4-3-14-11(17)8-19-7-10(16)13-2/h9H,3-8H2,1-2H3,(H,13,16)(H,14,17)/t9-/m1/s1. The first-order valence-corrected chi connectivity index (χ1v) is 7.51. The number of carbonyl (C=O) groups is 3. The fourth-order valence-electron chi connectivity index (χ4n) is 1.88. The molecule has 19 heavy (non-hydrogen) atoms. The van der Waals surface area contributed by atoms with E-state index in [-0.39, 0.29) is 29.2 Å². The second-order valence-electron chi connectivity index (χ2n) is 4.66. The van der Waals surface area contributed by atoms with Crippen molar-refractivity contribution in [3.63, 3.8) is 0 Å². The number of thioether (sulfide) groups is 1. The first-order chi connectivity index (χ1) is 9.02. The largest absolute Gasteiger partial charge is 0.358 e. The minimum Gasteiger partial charge on any atom is -0.358 e. The van der Waals surface area contributed by atoms with E-state index in [2.05, 4.69) is 10.6 Å². The molecule has 1 aliphatic rings. The lowest BCUT2D eigenvalue weighted by Gasteiger charge is -2.16. The summed E-state index contributed by atoms with van der Waals surface area (Å²) in [6, 6.07) is 0. The number of carbonyl (C=O) groups excluding carboxylic acids is 3. The zero-order chi connectivity index (χ0) is 14.3. The van der Waals surface area contributed by atoms with Crippen LogP contribution in [-0.4, -0.2) is 60.8 Å². The quantitative estimate of drug-likeness (QED) is 0.658. The van der Waals surface area contributed by atoms with Crippen LogP contribution in [0.4, 0.5) is 0 Å². The van der Waals surface area contributed by atoms with Crippen molar-refractivity contribution in [2.24, 2.45) is 5.92 Å². The molecule has 6 nitrogen and oxygen atoms in total. The Hall–Kier alpha value is -1.24. The van der Waals surface area contributed by atoms with Crippen molar-refractivity contribution in [1.82, 2.24) is 15.5 Å². The molecular weight excluding hydrogens is 266 g/mol. The fourth-order valence-corrected chi connectivity index (χ4v) is 2.59. The third kappa shape index (κ3) is 5.96. The van der Waals surface area contributed by atoms with E-state index in [1.54, 1.807) is 11.9 Å². The van der Waals surface area contributed by atoms with Gasteiger partial charge in [0.2, 0.25) is 17.7 Å². The van der Waals surface area contributed by atoms with Crippen LogP contribution in [0.2, 0.25) is 0 Å². The predicted molar refractivity (Wildman–Crippen MR) is 74.8 cm³/mol. The molecule has 3 amide bonds. The highest BCUT2D eigenvalue weighted by molar-refractivity contribution is 8.00. The average Bonchev–Trinajstić information content (AvgIpc) is 2.67. The van der Waals surface area contributed by atoms with E-state index in [1.165, 1.54) is 11.8 Å². The van der Waals surface area contributed by atoms with E-state index in [4.69, 9.17) is 0 Å². The lowest BCUT2D eigenvalue weighted by atomic mass is 10.2. The van der Waals surface area contributed by atoms with E-state index in [9.17, 15) is 14.4 Å². The van der Waals surface area contributed by atoms with Crippen molar-refractivity contribution < 1.29 is 14.4 Å². The molecule has 0 aromatic heterocycles. The number of likely N-dealkylation sites (tertiary alicyclic amines) is 1. The topological polar surface area (TPSA) is 78.5 Å². The van der Waals surface area contributed by atoms with Gasteiger partial charge in [-0.25, -0.2) is 0 Å².